The Labute approximate surface area is 143 Å². The van der Waals surface area contributed by atoms with Crippen molar-refractivity contribution in [2.45, 2.75) is 11.7 Å². The maximum absolute atomic E-state index is 12.8. The molecule has 3 rings (SSSR count). The molecule has 0 atom stereocenters. The van der Waals surface area contributed by atoms with Gasteiger partial charge in [-0.05, 0) is 24.3 Å². The first-order valence-electron chi connectivity index (χ1n) is 7.26. The predicted molar refractivity (Wildman–Crippen MR) is 94.2 cm³/mol. The van der Waals surface area contributed by atoms with E-state index < -0.39 is 9.84 Å². The van der Waals surface area contributed by atoms with Gasteiger partial charge in [0.05, 0.1) is 29.5 Å². The zero-order valence-corrected chi connectivity index (χ0v) is 14.6. The molecule has 126 valence electrons. The van der Waals surface area contributed by atoms with E-state index in [1.54, 1.807) is 36.6 Å². The van der Waals surface area contributed by atoms with Crippen molar-refractivity contribution in [1.82, 2.24) is 9.55 Å². The molecule has 0 fully saturated rings. The Balaban J connectivity index is 2.02. The smallest absolute Gasteiger partial charge is 0.262 e. The van der Waals surface area contributed by atoms with E-state index in [1.165, 1.54) is 22.6 Å². The van der Waals surface area contributed by atoms with E-state index in [0.717, 1.165) is 0 Å². The van der Waals surface area contributed by atoms with Crippen molar-refractivity contribution in [3.8, 4) is 0 Å². The zero-order valence-electron chi connectivity index (χ0n) is 13.0. The third-order valence-corrected chi connectivity index (χ3v) is 5.59. The second kappa shape index (κ2) is 6.82. The van der Waals surface area contributed by atoms with Crippen LogP contribution in [0.4, 0.5) is 0 Å². The summed E-state index contributed by atoms with van der Waals surface area (Å²) in [4.78, 5) is 17.3. The largest absolute Gasteiger partial charge is 0.467 e. The van der Waals surface area contributed by atoms with Gasteiger partial charge >= 0.3 is 0 Å². The fourth-order valence-electron chi connectivity index (χ4n) is 2.24. The number of para-hydroxylation sites is 1. The predicted octanol–water partition coefficient (Wildman–Crippen LogP) is 2.17. The summed E-state index contributed by atoms with van der Waals surface area (Å²) in [6.07, 6.45) is 2.74. The molecule has 0 unspecified atom stereocenters. The van der Waals surface area contributed by atoms with Gasteiger partial charge < -0.3 is 4.42 Å². The molecule has 0 N–H and O–H groups in total. The van der Waals surface area contributed by atoms with Gasteiger partial charge in [-0.2, -0.15) is 0 Å². The topological polar surface area (TPSA) is 82.2 Å². The molecule has 0 bridgehead atoms. The number of aromatic nitrogens is 2. The molecule has 1 aromatic carbocycles. The normalized spacial score (nSPS) is 11.9. The van der Waals surface area contributed by atoms with Gasteiger partial charge in [-0.1, -0.05) is 23.9 Å². The molecule has 0 aliphatic carbocycles. The maximum atomic E-state index is 12.8. The molecular formula is C16H16N2O4S2. The van der Waals surface area contributed by atoms with E-state index in [4.69, 9.17) is 4.42 Å². The third kappa shape index (κ3) is 3.88. The van der Waals surface area contributed by atoms with Crippen LogP contribution in [0, 0.1) is 0 Å². The van der Waals surface area contributed by atoms with Gasteiger partial charge in [-0.25, -0.2) is 13.4 Å². The minimum Gasteiger partial charge on any atom is -0.467 e. The number of thioether (sulfide) groups is 1. The van der Waals surface area contributed by atoms with Crippen LogP contribution < -0.4 is 5.56 Å². The number of fused-ring (bicyclic) bond motifs is 1. The van der Waals surface area contributed by atoms with Crippen LogP contribution in [0.2, 0.25) is 0 Å². The Bertz CT molecular complexity index is 1010. The number of hydrogen-bond donors (Lipinski definition) is 0. The summed E-state index contributed by atoms with van der Waals surface area (Å²) in [7, 11) is -3.06. The zero-order chi connectivity index (χ0) is 17.2. The molecule has 24 heavy (non-hydrogen) atoms. The number of hydrogen-bond acceptors (Lipinski definition) is 6. The highest BCUT2D eigenvalue weighted by Crippen LogP contribution is 2.19. The third-order valence-electron chi connectivity index (χ3n) is 3.41. The SMILES string of the molecule is CS(=O)(=O)CCSc1nc2ccccc2c(=O)n1Cc1ccco1. The maximum Gasteiger partial charge on any atom is 0.262 e. The van der Waals surface area contributed by atoms with Crippen molar-refractivity contribution in [2.24, 2.45) is 0 Å². The number of rotatable bonds is 6. The quantitative estimate of drug-likeness (QED) is 0.492. The van der Waals surface area contributed by atoms with Gasteiger partial charge in [0.25, 0.3) is 5.56 Å². The lowest BCUT2D eigenvalue weighted by atomic mass is 10.2. The van der Waals surface area contributed by atoms with Gasteiger partial charge in [0.15, 0.2) is 5.16 Å². The molecule has 0 spiro atoms. The fraction of sp³-hybridized carbons (Fsp3) is 0.250. The van der Waals surface area contributed by atoms with E-state index in [0.29, 0.717) is 27.6 Å². The van der Waals surface area contributed by atoms with Gasteiger partial charge in [0.1, 0.15) is 15.6 Å². The summed E-state index contributed by atoms with van der Waals surface area (Å²) in [5.41, 5.74) is 0.430. The van der Waals surface area contributed by atoms with Crippen molar-refractivity contribution in [1.29, 1.82) is 0 Å². The number of nitrogens with zero attached hydrogens (tertiary/aromatic N) is 2. The second-order valence-corrected chi connectivity index (χ2v) is 8.68. The van der Waals surface area contributed by atoms with Crippen molar-refractivity contribution in [2.75, 3.05) is 17.8 Å². The molecule has 0 radical (unpaired) electrons. The Morgan fingerprint density at radius 3 is 2.71 bits per heavy atom. The van der Waals surface area contributed by atoms with Crippen LogP contribution >= 0.6 is 11.8 Å². The summed E-state index contributed by atoms with van der Waals surface area (Å²) in [5, 5.41) is 1.01. The summed E-state index contributed by atoms with van der Waals surface area (Å²) < 4.78 is 29.5. The van der Waals surface area contributed by atoms with Crippen molar-refractivity contribution in [3.05, 3.63) is 58.8 Å². The highest BCUT2D eigenvalue weighted by atomic mass is 32.2. The van der Waals surface area contributed by atoms with Crippen molar-refractivity contribution >= 4 is 32.5 Å². The monoisotopic (exact) mass is 364 g/mol. The molecule has 8 heteroatoms. The van der Waals surface area contributed by atoms with Gasteiger partial charge in [-0.3, -0.25) is 9.36 Å². The first-order chi connectivity index (χ1) is 11.4. The van der Waals surface area contributed by atoms with Crippen LogP contribution in [0.5, 0.6) is 0 Å². The second-order valence-electron chi connectivity index (χ2n) is 5.36. The molecule has 6 nitrogen and oxygen atoms in total. The van der Waals surface area contributed by atoms with Crippen LogP contribution in [0.15, 0.2) is 57.0 Å². The first-order valence-corrected chi connectivity index (χ1v) is 10.3. The molecule has 0 aliphatic heterocycles. The molecule has 0 saturated carbocycles. The van der Waals surface area contributed by atoms with Crippen LogP contribution in [0.3, 0.4) is 0 Å². The van der Waals surface area contributed by atoms with E-state index in [-0.39, 0.29) is 17.9 Å². The van der Waals surface area contributed by atoms with E-state index in [1.807, 2.05) is 6.07 Å². The molecule has 0 aliphatic rings. The van der Waals surface area contributed by atoms with E-state index in [2.05, 4.69) is 4.98 Å². The molecule has 2 heterocycles. The average Bonchev–Trinajstić information content (AvgIpc) is 3.03. The summed E-state index contributed by atoms with van der Waals surface area (Å²) in [6, 6.07) is 10.6. The van der Waals surface area contributed by atoms with Crippen LogP contribution in [0.1, 0.15) is 5.76 Å². The minimum atomic E-state index is -3.06. The Morgan fingerprint density at radius 1 is 1.21 bits per heavy atom. The van der Waals surface area contributed by atoms with E-state index in [9.17, 15) is 13.2 Å². The summed E-state index contributed by atoms with van der Waals surface area (Å²) in [6.45, 7) is 0.255. The highest BCUT2D eigenvalue weighted by Gasteiger charge is 2.14. The first kappa shape index (κ1) is 16.8. The fourth-order valence-corrected chi connectivity index (χ4v) is 4.43. The minimum absolute atomic E-state index is 0.0289. The van der Waals surface area contributed by atoms with Crippen molar-refractivity contribution in [3.63, 3.8) is 0 Å². The standard InChI is InChI=1S/C16H16N2O4S2/c1-24(20,21)10-9-23-16-17-14-7-3-2-6-13(14)15(19)18(16)11-12-5-4-8-22-12/h2-8H,9-11H2,1H3. The molecule has 0 saturated heterocycles. The highest BCUT2D eigenvalue weighted by molar-refractivity contribution is 8.00. The number of furan rings is 1. The van der Waals surface area contributed by atoms with Gasteiger partial charge in [-0.15, -0.1) is 0 Å². The summed E-state index contributed by atoms with van der Waals surface area (Å²) in [5.74, 6) is 1.00. The Hall–Kier alpha value is -2.06. The lowest BCUT2D eigenvalue weighted by molar-refractivity contribution is 0.476. The van der Waals surface area contributed by atoms with Crippen molar-refractivity contribution < 1.29 is 12.8 Å². The Morgan fingerprint density at radius 2 is 2.00 bits per heavy atom. The van der Waals surface area contributed by atoms with E-state index >= 15 is 0 Å². The number of sulfone groups is 1. The molecule has 3 aromatic rings. The molecular weight excluding hydrogens is 348 g/mol. The number of benzene rings is 1. The average molecular weight is 364 g/mol. The molecule has 0 amide bonds. The molecule has 2 aromatic heterocycles. The Kier molecular flexibility index (Phi) is 4.77. The van der Waals surface area contributed by atoms with Gasteiger partial charge in [0, 0.05) is 12.0 Å². The lowest BCUT2D eigenvalue weighted by Crippen LogP contribution is -2.24. The summed E-state index contributed by atoms with van der Waals surface area (Å²) >= 11 is 1.26. The lowest BCUT2D eigenvalue weighted by Gasteiger charge is -2.11. The van der Waals surface area contributed by atoms with Gasteiger partial charge in [0.2, 0.25) is 0 Å². The van der Waals surface area contributed by atoms with Crippen LogP contribution in [-0.4, -0.2) is 35.7 Å². The van der Waals surface area contributed by atoms with Crippen LogP contribution in [0.25, 0.3) is 10.9 Å². The van der Waals surface area contributed by atoms with Crippen LogP contribution in [-0.2, 0) is 16.4 Å².